The molecule has 27 heteroatoms. The highest BCUT2D eigenvalue weighted by Gasteiger charge is 2.71. The van der Waals surface area contributed by atoms with Crippen LogP contribution in [-0.2, 0) is 61.7 Å². The standard InChI is InChI=1S/C60H96O27/c1-25-11-16-59(54(75)87-51-43(72)40(69)38(67)32(83-51)22-78-49-44(73)41(70)46(31(20-62)82-49)86-53-48(74)60(76,23-63)24-79-53)18-17-57(7)28(36(59)26(25)2)9-10-34-56(6)14-13-35(55(4,5)33(56)12-15-58(34,57)8)84-52-47(80-27(3)64)45(29(65)21-77-52)85-50-42(71)39(68)37(66)30(19-61)81-50/h9,25-26,29-53,61-63,65-74,76H,10-24H2,1-8H3/t25-,26+,29-,30-,31-,32-,33+,34-,35+,36+,37-,38-,39+,40+,41-,42-,43-,44-,45+,46-,47-,48+,49-,50+,51+,52+,53+,56+,57-,58-,59+,60-/m1/s1. The van der Waals surface area contributed by atoms with Gasteiger partial charge in [-0.05, 0) is 109 Å². The fourth-order valence-corrected chi connectivity index (χ4v) is 17.9. The minimum Gasteiger partial charge on any atom is -0.454 e. The first kappa shape index (κ1) is 67.6. The molecule has 498 valence electrons. The molecule has 5 aliphatic carbocycles. The van der Waals surface area contributed by atoms with Gasteiger partial charge in [0.05, 0.1) is 51.2 Å². The van der Waals surface area contributed by atoms with Crippen molar-refractivity contribution in [1.29, 1.82) is 0 Å². The summed E-state index contributed by atoms with van der Waals surface area (Å²) in [6.45, 7) is 13.3. The Morgan fingerprint density at radius 1 is 0.609 bits per heavy atom. The van der Waals surface area contributed by atoms with Crippen molar-refractivity contribution in [3.63, 3.8) is 0 Å². The van der Waals surface area contributed by atoms with Crippen LogP contribution in [0.25, 0.3) is 0 Å². The van der Waals surface area contributed by atoms with Gasteiger partial charge in [0.2, 0.25) is 6.29 Å². The Hall–Kier alpha value is -2.24. The summed E-state index contributed by atoms with van der Waals surface area (Å²) >= 11 is 0. The van der Waals surface area contributed by atoms with Crippen molar-refractivity contribution in [3.8, 4) is 0 Å². The number of rotatable bonds is 15. The van der Waals surface area contributed by atoms with Crippen molar-refractivity contribution in [2.45, 2.75) is 254 Å². The Labute approximate surface area is 505 Å². The van der Waals surface area contributed by atoms with E-state index in [1.165, 1.54) is 12.5 Å². The molecular weight excluding hydrogens is 1150 g/mol. The second kappa shape index (κ2) is 25.2. The predicted octanol–water partition coefficient (Wildman–Crippen LogP) is -2.50. The Kier molecular flexibility index (Phi) is 19.6. The van der Waals surface area contributed by atoms with Crippen molar-refractivity contribution >= 4 is 11.9 Å². The van der Waals surface area contributed by atoms with E-state index in [0.29, 0.717) is 25.7 Å². The topological polar surface area (TPSA) is 419 Å². The average molecular weight is 1250 g/mol. The van der Waals surface area contributed by atoms with Crippen LogP contribution in [0.2, 0.25) is 0 Å². The van der Waals surface area contributed by atoms with Crippen LogP contribution in [0.5, 0.6) is 0 Å². The average Bonchev–Trinajstić information content (AvgIpc) is 0.969. The summed E-state index contributed by atoms with van der Waals surface area (Å²) in [5.41, 5.74) is -3.22. The number of allylic oxidation sites excluding steroid dienone is 2. The van der Waals surface area contributed by atoms with Gasteiger partial charge in [-0.3, -0.25) is 9.59 Å². The van der Waals surface area contributed by atoms with Gasteiger partial charge in [0.25, 0.3) is 0 Å². The molecule has 5 aliphatic heterocycles. The van der Waals surface area contributed by atoms with Crippen LogP contribution in [0.1, 0.15) is 113 Å². The summed E-state index contributed by atoms with van der Waals surface area (Å²) in [6, 6.07) is 0. The van der Waals surface area contributed by atoms with Crippen molar-refractivity contribution in [2.24, 2.45) is 56.7 Å². The van der Waals surface area contributed by atoms with Crippen molar-refractivity contribution in [3.05, 3.63) is 11.6 Å². The first-order valence-corrected chi connectivity index (χ1v) is 31.1. The zero-order valence-corrected chi connectivity index (χ0v) is 50.8. The normalized spacial score (nSPS) is 53.2. The van der Waals surface area contributed by atoms with E-state index in [9.17, 15) is 76.3 Å². The molecule has 0 unspecified atom stereocenters. The lowest BCUT2D eigenvalue weighted by atomic mass is 9.33. The Balaban J connectivity index is 0.828. The second-order valence-corrected chi connectivity index (χ2v) is 28.4. The third-order valence-corrected chi connectivity index (χ3v) is 23.5. The summed E-state index contributed by atoms with van der Waals surface area (Å²) in [7, 11) is 0. The molecule has 10 aliphatic rings. The van der Waals surface area contributed by atoms with E-state index < -0.39 is 197 Å². The molecular formula is C60H96O27. The van der Waals surface area contributed by atoms with Gasteiger partial charge in [-0.1, -0.05) is 60.1 Å². The fraction of sp³-hybridized carbons (Fsp3) is 0.933. The molecule has 0 bridgehead atoms. The van der Waals surface area contributed by atoms with Crippen LogP contribution in [0.3, 0.4) is 0 Å². The molecule has 0 radical (unpaired) electrons. The second-order valence-electron chi connectivity index (χ2n) is 28.4. The van der Waals surface area contributed by atoms with Crippen molar-refractivity contribution < 1.29 is 133 Å². The van der Waals surface area contributed by atoms with E-state index in [4.69, 9.17) is 52.1 Å². The van der Waals surface area contributed by atoms with Crippen LogP contribution in [-0.4, -0.2) is 264 Å². The minimum atomic E-state index is -2.07. The molecule has 32 atom stereocenters. The molecule has 0 spiro atoms. The molecule has 10 rings (SSSR count). The van der Waals surface area contributed by atoms with Gasteiger partial charge < -0.3 is 124 Å². The van der Waals surface area contributed by atoms with Crippen LogP contribution >= 0.6 is 0 Å². The van der Waals surface area contributed by atoms with Crippen LogP contribution in [0, 0.1) is 56.7 Å². The Bertz CT molecular complexity index is 2450. The van der Waals surface area contributed by atoms with Crippen molar-refractivity contribution in [2.75, 3.05) is 39.6 Å². The number of aliphatic hydroxyl groups excluding tert-OH is 13. The first-order valence-electron chi connectivity index (χ1n) is 31.1. The quantitative estimate of drug-likeness (QED) is 0.0458. The predicted molar refractivity (Wildman–Crippen MR) is 293 cm³/mol. The van der Waals surface area contributed by atoms with E-state index in [1.807, 2.05) is 0 Å². The third-order valence-electron chi connectivity index (χ3n) is 23.5. The zero-order valence-electron chi connectivity index (χ0n) is 50.8. The number of hydrogen-bond acceptors (Lipinski definition) is 27. The molecule has 5 heterocycles. The van der Waals surface area contributed by atoms with E-state index in [-0.39, 0.29) is 52.4 Å². The molecule has 0 aromatic carbocycles. The van der Waals surface area contributed by atoms with Gasteiger partial charge in [-0.15, -0.1) is 0 Å². The van der Waals surface area contributed by atoms with E-state index >= 15 is 4.79 Å². The molecule has 4 saturated carbocycles. The summed E-state index contributed by atoms with van der Waals surface area (Å²) in [6.07, 6.45) is -26.0. The highest BCUT2D eigenvalue weighted by atomic mass is 16.8. The summed E-state index contributed by atoms with van der Waals surface area (Å²) in [5, 5.41) is 150. The fourth-order valence-electron chi connectivity index (χ4n) is 17.9. The molecule has 5 saturated heterocycles. The Morgan fingerprint density at radius 3 is 1.90 bits per heavy atom. The SMILES string of the molecule is CC(=O)O[C@H]1[C@H](O[C@H]2CC[C@]3(C)[C@H]4CC=C5[C@@H]6[C@@H](C)[C@H](C)CC[C@]6(C(=O)O[C@@H]6O[C@H](CO[C@@H]7O[C@H](CO)[C@@H](O[C@@H]8OC[C@](O)(CO)[C@H]8O)[C@H](O)[C@H]7O)[C@@H](O)[C@H](O)[C@H]6O)CC[C@@]5(C)[C@]4(C)CC[C@H]3C2(C)C)OC[C@@H](O)[C@@H]1O[C@@H]1O[C@H](CO)[C@@H](O)[C@H](O)[C@H]1O. The Morgan fingerprint density at radius 2 is 1.24 bits per heavy atom. The van der Waals surface area contributed by atoms with E-state index in [0.717, 1.165) is 32.1 Å². The third kappa shape index (κ3) is 11.4. The minimum absolute atomic E-state index is 0.0206. The van der Waals surface area contributed by atoms with Crippen LogP contribution in [0.4, 0.5) is 0 Å². The van der Waals surface area contributed by atoms with Crippen LogP contribution in [0.15, 0.2) is 11.6 Å². The highest BCUT2D eigenvalue weighted by Crippen LogP contribution is 2.76. The number of ether oxygens (including phenoxy) is 11. The van der Waals surface area contributed by atoms with Gasteiger partial charge in [-0.2, -0.15) is 0 Å². The maximum atomic E-state index is 15.3. The summed E-state index contributed by atoms with van der Waals surface area (Å²) < 4.78 is 65.0. The molecule has 0 aromatic rings. The van der Waals surface area contributed by atoms with E-state index in [2.05, 4.69) is 54.5 Å². The lowest BCUT2D eigenvalue weighted by molar-refractivity contribution is -0.357. The molecule has 0 aromatic heterocycles. The smallest absolute Gasteiger partial charge is 0.315 e. The number of carbonyl (C=O) groups excluding carboxylic acids is 2. The molecule has 9 fully saturated rings. The van der Waals surface area contributed by atoms with Gasteiger partial charge in [-0.25, -0.2) is 0 Å². The highest BCUT2D eigenvalue weighted by molar-refractivity contribution is 5.79. The number of esters is 2. The lowest BCUT2D eigenvalue weighted by Gasteiger charge is -2.71. The number of hydrogen-bond donors (Lipinski definition) is 14. The largest absolute Gasteiger partial charge is 0.454 e. The first-order chi connectivity index (χ1) is 40.9. The summed E-state index contributed by atoms with van der Waals surface area (Å²) in [5.74, 6) is -1.03. The van der Waals surface area contributed by atoms with Crippen LogP contribution < -0.4 is 0 Å². The maximum Gasteiger partial charge on any atom is 0.315 e. The number of carbonyl (C=O) groups is 2. The maximum absolute atomic E-state index is 15.3. The number of fused-ring (bicyclic) bond motifs is 7. The monoisotopic (exact) mass is 1250 g/mol. The lowest BCUT2D eigenvalue weighted by Crippen LogP contribution is -2.66. The van der Waals surface area contributed by atoms with Gasteiger partial charge in [0, 0.05) is 6.92 Å². The number of aliphatic hydroxyl groups is 14. The van der Waals surface area contributed by atoms with Crippen molar-refractivity contribution in [1.82, 2.24) is 0 Å². The molecule has 14 N–H and O–H groups in total. The zero-order chi connectivity index (χ0) is 63.4. The van der Waals surface area contributed by atoms with Gasteiger partial charge in [0.1, 0.15) is 97.2 Å². The van der Waals surface area contributed by atoms with E-state index in [1.54, 1.807) is 0 Å². The molecule has 27 nitrogen and oxygen atoms in total. The van der Waals surface area contributed by atoms with Gasteiger partial charge in [0.15, 0.2) is 31.3 Å². The summed E-state index contributed by atoms with van der Waals surface area (Å²) in [4.78, 5) is 28.0. The van der Waals surface area contributed by atoms with Gasteiger partial charge >= 0.3 is 11.9 Å². The molecule has 87 heavy (non-hydrogen) atoms. The molecule has 0 amide bonds.